The van der Waals surface area contributed by atoms with Gasteiger partial charge in [-0.1, -0.05) is 29.8 Å². The summed E-state index contributed by atoms with van der Waals surface area (Å²) in [7, 11) is 0. The second-order valence-electron chi connectivity index (χ2n) is 5.33. The van der Waals surface area contributed by atoms with Gasteiger partial charge in [0.15, 0.2) is 0 Å². The maximum atomic E-state index is 12.6. The first-order valence-corrected chi connectivity index (χ1v) is 7.64. The van der Waals surface area contributed by atoms with E-state index < -0.39 is 36.0 Å². The van der Waals surface area contributed by atoms with E-state index in [1.54, 1.807) is 31.2 Å². The Labute approximate surface area is 143 Å². The Morgan fingerprint density at radius 2 is 1.96 bits per heavy atom. The highest BCUT2D eigenvalue weighted by atomic mass is 35.5. The number of hydrogen-bond donors (Lipinski definition) is 3. The average Bonchev–Trinajstić information content (AvgIpc) is 2.72. The summed E-state index contributed by atoms with van der Waals surface area (Å²) >= 11 is 6.11. The molecule has 0 saturated carbocycles. The van der Waals surface area contributed by atoms with Crippen LogP contribution in [-0.2, 0) is 15.1 Å². The first-order valence-electron chi connectivity index (χ1n) is 7.26. The van der Waals surface area contributed by atoms with Crippen molar-refractivity contribution in [1.82, 2.24) is 20.9 Å². The SMILES string of the molecule is CCNC(=O)NC(=O)CN1C(=O)N[C@@](C)(c2ccccc2Cl)C1=O. The summed E-state index contributed by atoms with van der Waals surface area (Å²) in [5, 5.41) is 7.28. The van der Waals surface area contributed by atoms with Crippen LogP contribution in [0.4, 0.5) is 9.59 Å². The monoisotopic (exact) mass is 352 g/mol. The van der Waals surface area contributed by atoms with Crippen LogP contribution in [-0.4, -0.2) is 41.9 Å². The van der Waals surface area contributed by atoms with Crippen molar-refractivity contribution in [1.29, 1.82) is 0 Å². The van der Waals surface area contributed by atoms with Crippen LogP contribution in [0.25, 0.3) is 0 Å². The van der Waals surface area contributed by atoms with E-state index in [-0.39, 0.29) is 0 Å². The fourth-order valence-corrected chi connectivity index (χ4v) is 2.73. The summed E-state index contributed by atoms with van der Waals surface area (Å²) in [6, 6.07) is 5.20. The van der Waals surface area contributed by atoms with Crippen molar-refractivity contribution in [2.24, 2.45) is 0 Å². The number of halogens is 1. The minimum Gasteiger partial charge on any atom is -0.338 e. The van der Waals surface area contributed by atoms with Gasteiger partial charge >= 0.3 is 12.1 Å². The molecule has 1 aromatic carbocycles. The zero-order chi connectivity index (χ0) is 17.9. The van der Waals surface area contributed by atoms with E-state index in [0.29, 0.717) is 17.1 Å². The van der Waals surface area contributed by atoms with Gasteiger partial charge in [-0.15, -0.1) is 0 Å². The van der Waals surface area contributed by atoms with Gasteiger partial charge < -0.3 is 10.6 Å². The number of rotatable bonds is 4. The van der Waals surface area contributed by atoms with Crippen molar-refractivity contribution < 1.29 is 19.2 Å². The second kappa shape index (κ2) is 6.88. The van der Waals surface area contributed by atoms with E-state index in [0.717, 1.165) is 4.90 Å². The molecule has 1 saturated heterocycles. The molecular weight excluding hydrogens is 336 g/mol. The van der Waals surface area contributed by atoms with Crippen LogP contribution in [0, 0.1) is 0 Å². The van der Waals surface area contributed by atoms with Crippen molar-refractivity contribution >= 4 is 35.5 Å². The zero-order valence-corrected chi connectivity index (χ0v) is 13.9. The van der Waals surface area contributed by atoms with Crippen molar-refractivity contribution in [2.75, 3.05) is 13.1 Å². The number of urea groups is 2. The Hall–Kier alpha value is -2.61. The normalized spacial score (nSPS) is 19.9. The van der Waals surface area contributed by atoms with Gasteiger partial charge in [-0.25, -0.2) is 9.59 Å². The largest absolute Gasteiger partial charge is 0.338 e. The highest BCUT2D eigenvalue weighted by Gasteiger charge is 2.50. The van der Waals surface area contributed by atoms with E-state index in [2.05, 4.69) is 10.6 Å². The number of carbonyl (C=O) groups is 4. The molecule has 1 aliphatic heterocycles. The first-order chi connectivity index (χ1) is 11.3. The van der Waals surface area contributed by atoms with E-state index in [4.69, 9.17) is 11.6 Å². The molecule has 2 rings (SSSR count). The van der Waals surface area contributed by atoms with Gasteiger partial charge in [0.2, 0.25) is 5.91 Å². The summed E-state index contributed by atoms with van der Waals surface area (Å²) in [4.78, 5) is 48.6. The predicted octanol–water partition coefficient (Wildman–Crippen LogP) is 0.953. The van der Waals surface area contributed by atoms with Gasteiger partial charge in [0, 0.05) is 17.1 Å². The number of nitrogens with zero attached hydrogens (tertiary/aromatic N) is 1. The minimum absolute atomic E-state index is 0.322. The van der Waals surface area contributed by atoms with Crippen LogP contribution in [0.3, 0.4) is 0 Å². The average molecular weight is 353 g/mol. The van der Waals surface area contributed by atoms with Crippen molar-refractivity contribution in [3.05, 3.63) is 34.9 Å². The lowest BCUT2D eigenvalue weighted by atomic mass is 9.92. The highest BCUT2D eigenvalue weighted by molar-refractivity contribution is 6.32. The third-order valence-corrected chi connectivity index (χ3v) is 3.91. The third kappa shape index (κ3) is 3.33. The topological polar surface area (TPSA) is 108 Å². The molecule has 3 N–H and O–H groups in total. The van der Waals surface area contributed by atoms with Crippen LogP contribution in [0.1, 0.15) is 19.4 Å². The molecule has 1 heterocycles. The number of imide groups is 2. The number of nitrogens with one attached hydrogen (secondary N) is 3. The number of amides is 6. The standard InChI is InChI=1S/C15H17ClN4O4/c1-3-17-13(23)18-11(21)8-20-12(22)15(2,19-14(20)24)9-6-4-5-7-10(9)16/h4-7H,3,8H2,1-2H3,(H,19,24)(H2,17,18,21,23)/t15-/m0/s1. The molecule has 24 heavy (non-hydrogen) atoms. The molecule has 0 unspecified atom stereocenters. The first kappa shape index (κ1) is 17.7. The van der Waals surface area contributed by atoms with Gasteiger partial charge in [0.25, 0.3) is 5.91 Å². The third-order valence-electron chi connectivity index (χ3n) is 3.58. The van der Waals surface area contributed by atoms with Gasteiger partial charge in [-0.05, 0) is 19.9 Å². The van der Waals surface area contributed by atoms with E-state index in [1.807, 2.05) is 5.32 Å². The number of carbonyl (C=O) groups excluding carboxylic acids is 4. The maximum absolute atomic E-state index is 12.6. The summed E-state index contributed by atoms with van der Waals surface area (Å²) in [5.74, 6) is -1.39. The molecule has 1 atom stereocenters. The molecule has 6 amide bonds. The lowest BCUT2D eigenvalue weighted by Gasteiger charge is -2.23. The maximum Gasteiger partial charge on any atom is 0.325 e. The molecule has 9 heteroatoms. The van der Waals surface area contributed by atoms with E-state index >= 15 is 0 Å². The van der Waals surface area contributed by atoms with Crippen molar-refractivity contribution in [3.8, 4) is 0 Å². The smallest absolute Gasteiger partial charge is 0.325 e. The molecule has 128 valence electrons. The molecular formula is C15H17ClN4O4. The molecule has 0 spiro atoms. The Bertz CT molecular complexity index is 708. The molecule has 1 fully saturated rings. The summed E-state index contributed by atoms with van der Waals surface area (Å²) in [6.07, 6.45) is 0. The molecule has 1 aliphatic rings. The fourth-order valence-electron chi connectivity index (χ4n) is 2.40. The highest BCUT2D eigenvalue weighted by Crippen LogP contribution is 2.33. The molecule has 0 radical (unpaired) electrons. The van der Waals surface area contributed by atoms with Crippen LogP contribution in [0.2, 0.25) is 5.02 Å². The zero-order valence-electron chi connectivity index (χ0n) is 13.2. The van der Waals surface area contributed by atoms with Crippen LogP contribution < -0.4 is 16.0 Å². The van der Waals surface area contributed by atoms with Gasteiger partial charge in [-0.2, -0.15) is 0 Å². The predicted molar refractivity (Wildman–Crippen MR) is 86.3 cm³/mol. The fraction of sp³-hybridized carbons (Fsp3) is 0.333. The second-order valence-corrected chi connectivity index (χ2v) is 5.74. The Morgan fingerprint density at radius 1 is 1.29 bits per heavy atom. The van der Waals surface area contributed by atoms with Gasteiger partial charge in [0.1, 0.15) is 12.1 Å². The lowest BCUT2D eigenvalue weighted by Crippen LogP contribution is -2.46. The summed E-state index contributed by atoms with van der Waals surface area (Å²) in [5.41, 5.74) is -0.946. The molecule has 0 bridgehead atoms. The van der Waals surface area contributed by atoms with Crippen LogP contribution >= 0.6 is 11.6 Å². The van der Waals surface area contributed by atoms with E-state index in [1.165, 1.54) is 6.92 Å². The van der Waals surface area contributed by atoms with Crippen LogP contribution in [0.15, 0.2) is 24.3 Å². The summed E-state index contributed by atoms with van der Waals surface area (Å²) in [6.45, 7) is 2.97. The van der Waals surface area contributed by atoms with Crippen molar-refractivity contribution in [2.45, 2.75) is 19.4 Å². The van der Waals surface area contributed by atoms with Crippen LogP contribution in [0.5, 0.6) is 0 Å². The molecule has 0 aliphatic carbocycles. The van der Waals surface area contributed by atoms with Gasteiger partial charge in [0.05, 0.1) is 0 Å². The van der Waals surface area contributed by atoms with Crippen molar-refractivity contribution in [3.63, 3.8) is 0 Å². The molecule has 8 nitrogen and oxygen atoms in total. The Kier molecular flexibility index (Phi) is 5.08. The Morgan fingerprint density at radius 3 is 2.58 bits per heavy atom. The molecule has 1 aromatic rings. The lowest BCUT2D eigenvalue weighted by molar-refractivity contribution is -0.134. The molecule has 0 aromatic heterocycles. The van der Waals surface area contributed by atoms with Gasteiger partial charge in [-0.3, -0.25) is 19.8 Å². The minimum atomic E-state index is -1.37. The Balaban J connectivity index is 2.16. The van der Waals surface area contributed by atoms with E-state index in [9.17, 15) is 19.2 Å². The number of hydrogen-bond acceptors (Lipinski definition) is 4. The quantitative estimate of drug-likeness (QED) is 0.701. The number of benzene rings is 1. The summed E-state index contributed by atoms with van der Waals surface area (Å²) < 4.78 is 0.